The second-order valence-corrected chi connectivity index (χ2v) is 6.63. The van der Waals surface area contributed by atoms with Gasteiger partial charge in [0, 0.05) is 26.2 Å². The van der Waals surface area contributed by atoms with Crippen LogP contribution in [0.2, 0.25) is 0 Å². The van der Waals surface area contributed by atoms with Crippen LogP contribution in [0.3, 0.4) is 0 Å². The molecule has 0 bridgehead atoms. The van der Waals surface area contributed by atoms with Crippen LogP contribution in [0.15, 0.2) is 0 Å². The van der Waals surface area contributed by atoms with Gasteiger partial charge < -0.3 is 10.6 Å². The monoisotopic (exact) mass is 247 g/mol. The molecule has 2 aliphatic rings. The Morgan fingerprint density at radius 2 is 1.56 bits per heavy atom. The zero-order chi connectivity index (χ0) is 11.4. The number of nitrogens with one attached hydrogen (secondary N) is 2. The molecule has 6 heteroatoms. The number of nitrogens with zero attached hydrogens (tertiary/aromatic N) is 1. The van der Waals surface area contributed by atoms with E-state index < -0.39 is 10.0 Å². The third-order valence-electron chi connectivity index (χ3n) is 3.37. The molecule has 2 aliphatic heterocycles. The van der Waals surface area contributed by atoms with E-state index in [2.05, 4.69) is 10.6 Å². The normalized spacial score (nSPS) is 25.8. The summed E-state index contributed by atoms with van der Waals surface area (Å²) in [6, 6.07) is 0. The van der Waals surface area contributed by atoms with Crippen molar-refractivity contribution in [2.24, 2.45) is 5.92 Å². The van der Waals surface area contributed by atoms with Crippen molar-refractivity contribution in [3.05, 3.63) is 0 Å². The van der Waals surface area contributed by atoms with E-state index in [1.807, 2.05) is 0 Å². The first kappa shape index (κ1) is 12.3. The molecule has 16 heavy (non-hydrogen) atoms. The van der Waals surface area contributed by atoms with Crippen molar-refractivity contribution in [1.29, 1.82) is 0 Å². The van der Waals surface area contributed by atoms with Crippen LogP contribution < -0.4 is 10.6 Å². The van der Waals surface area contributed by atoms with Crippen molar-refractivity contribution in [1.82, 2.24) is 14.9 Å². The van der Waals surface area contributed by atoms with Crippen LogP contribution in [0, 0.1) is 5.92 Å². The summed E-state index contributed by atoms with van der Waals surface area (Å²) >= 11 is 0. The van der Waals surface area contributed by atoms with E-state index in [4.69, 9.17) is 0 Å². The highest BCUT2D eigenvalue weighted by Crippen LogP contribution is 2.16. The molecule has 2 heterocycles. The van der Waals surface area contributed by atoms with Gasteiger partial charge in [0.15, 0.2) is 0 Å². The fourth-order valence-electron chi connectivity index (χ4n) is 2.37. The molecule has 0 spiro atoms. The minimum atomic E-state index is -3.02. The van der Waals surface area contributed by atoms with E-state index in [1.54, 1.807) is 4.31 Å². The number of rotatable bonds is 3. The van der Waals surface area contributed by atoms with E-state index in [0.29, 0.717) is 24.8 Å². The minimum absolute atomic E-state index is 0.342. The Bertz CT molecular complexity index is 306. The molecule has 5 nitrogen and oxygen atoms in total. The summed E-state index contributed by atoms with van der Waals surface area (Å²) < 4.78 is 25.9. The smallest absolute Gasteiger partial charge is 0.214 e. The van der Waals surface area contributed by atoms with E-state index in [-0.39, 0.29) is 0 Å². The standard InChI is InChI=1S/C10H21N3O2S/c14-16(15,13-7-5-12-6-8-13)9-10-1-3-11-4-2-10/h10-12H,1-9H2. The zero-order valence-corrected chi connectivity index (χ0v) is 10.4. The molecule has 0 aromatic rings. The predicted octanol–water partition coefficient (Wildman–Crippen LogP) is -0.779. The molecule has 0 aromatic heterocycles. The topological polar surface area (TPSA) is 61.4 Å². The molecule has 0 atom stereocenters. The SMILES string of the molecule is O=S(=O)(CC1CCNCC1)N1CCNCC1. The van der Waals surface area contributed by atoms with Gasteiger partial charge in [-0.1, -0.05) is 0 Å². The van der Waals surface area contributed by atoms with Gasteiger partial charge in [0.2, 0.25) is 10.0 Å². The molecule has 0 amide bonds. The number of piperidine rings is 1. The number of hydrogen-bond acceptors (Lipinski definition) is 4. The number of hydrogen-bond donors (Lipinski definition) is 2. The van der Waals surface area contributed by atoms with Crippen LogP contribution in [-0.4, -0.2) is 57.7 Å². The summed E-state index contributed by atoms with van der Waals surface area (Å²) in [4.78, 5) is 0. The largest absolute Gasteiger partial charge is 0.317 e. The highest BCUT2D eigenvalue weighted by molar-refractivity contribution is 7.89. The van der Waals surface area contributed by atoms with Crippen LogP contribution in [0.5, 0.6) is 0 Å². The Morgan fingerprint density at radius 1 is 1.00 bits per heavy atom. The van der Waals surface area contributed by atoms with Gasteiger partial charge in [0.05, 0.1) is 5.75 Å². The molecule has 0 saturated carbocycles. The van der Waals surface area contributed by atoms with Crippen molar-refractivity contribution < 1.29 is 8.42 Å². The fraction of sp³-hybridized carbons (Fsp3) is 1.00. The molecule has 2 saturated heterocycles. The van der Waals surface area contributed by atoms with E-state index in [1.165, 1.54) is 0 Å². The lowest BCUT2D eigenvalue weighted by Crippen LogP contribution is -2.48. The summed E-state index contributed by atoms with van der Waals surface area (Å²) in [5, 5.41) is 6.44. The van der Waals surface area contributed by atoms with E-state index in [9.17, 15) is 8.42 Å². The third kappa shape index (κ3) is 3.16. The predicted molar refractivity (Wildman–Crippen MR) is 63.8 cm³/mol. The first-order valence-electron chi connectivity index (χ1n) is 6.08. The number of sulfonamides is 1. The first-order valence-corrected chi connectivity index (χ1v) is 7.69. The Labute approximate surface area is 97.6 Å². The lowest BCUT2D eigenvalue weighted by Gasteiger charge is -2.29. The summed E-state index contributed by atoms with van der Waals surface area (Å²) in [6.07, 6.45) is 1.98. The van der Waals surface area contributed by atoms with Gasteiger partial charge in [-0.25, -0.2) is 8.42 Å². The van der Waals surface area contributed by atoms with Gasteiger partial charge in [-0.2, -0.15) is 4.31 Å². The van der Waals surface area contributed by atoms with Crippen molar-refractivity contribution in [2.75, 3.05) is 45.0 Å². The molecule has 0 unspecified atom stereocenters. The van der Waals surface area contributed by atoms with Crippen molar-refractivity contribution >= 4 is 10.0 Å². The van der Waals surface area contributed by atoms with Crippen molar-refractivity contribution in [2.45, 2.75) is 12.8 Å². The second-order valence-electron chi connectivity index (χ2n) is 4.62. The maximum atomic E-state index is 12.1. The Hall–Kier alpha value is -0.170. The molecule has 0 aromatic carbocycles. The van der Waals surface area contributed by atoms with Gasteiger partial charge in [-0.3, -0.25) is 0 Å². The maximum absolute atomic E-state index is 12.1. The summed E-state index contributed by atoms with van der Waals surface area (Å²) in [5.41, 5.74) is 0. The lowest BCUT2D eigenvalue weighted by atomic mass is 10.0. The Balaban J connectivity index is 1.90. The van der Waals surface area contributed by atoms with Crippen LogP contribution >= 0.6 is 0 Å². The average Bonchev–Trinajstić information content (AvgIpc) is 2.31. The van der Waals surface area contributed by atoms with Crippen LogP contribution in [0.4, 0.5) is 0 Å². The van der Waals surface area contributed by atoms with Crippen molar-refractivity contribution in [3.8, 4) is 0 Å². The minimum Gasteiger partial charge on any atom is -0.317 e. The summed E-state index contributed by atoms with van der Waals surface area (Å²) in [6.45, 7) is 4.75. The highest BCUT2D eigenvalue weighted by Gasteiger charge is 2.27. The molecule has 2 rings (SSSR count). The Kier molecular flexibility index (Phi) is 4.18. The Morgan fingerprint density at radius 3 is 2.19 bits per heavy atom. The quantitative estimate of drug-likeness (QED) is 0.687. The highest BCUT2D eigenvalue weighted by atomic mass is 32.2. The molecule has 94 valence electrons. The third-order valence-corrected chi connectivity index (χ3v) is 5.42. The van der Waals surface area contributed by atoms with Crippen molar-refractivity contribution in [3.63, 3.8) is 0 Å². The fourth-order valence-corrected chi connectivity index (χ4v) is 4.25. The molecular weight excluding hydrogens is 226 g/mol. The molecule has 0 aliphatic carbocycles. The van der Waals surface area contributed by atoms with Gasteiger partial charge in [0.1, 0.15) is 0 Å². The number of piperazine rings is 1. The molecule has 0 radical (unpaired) electrons. The van der Waals surface area contributed by atoms with Crippen LogP contribution in [0.1, 0.15) is 12.8 Å². The van der Waals surface area contributed by atoms with Gasteiger partial charge >= 0.3 is 0 Å². The van der Waals surface area contributed by atoms with Gasteiger partial charge in [-0.15, -0.1) is 0 Å². The maximum Gasteiger partial charge on any atom is 0.214 e. The van der Waals surface area contributed by atoms with Gasteiger partial charge in [0.25, 0.3) is 0 Å². The lowest BCUT2D eigenvalue weighted by molar-refractivity contribution is 0.346. The van der Waals surface area contributed by atoms with Gasteiger partial charge in [-0.05, 0) is 31.8 Å². The zero-order valence-electron chi connectivity index (χ0n) is 9.61. The summed E-state index contributed by atoms with van der Waals surface area (Å²) in [5.74, 6) is 0.690. The summed E-state index contributed by atoms with van der Waals surface area (Å²) in [7, 11) is -3.02. The molecule has 2 fully saturated rings. The average molecular weight is 247 g/mol. The molecule has 2 N–H and O–H groups in total. The van der Waals surface area contributed by atoms with E-state index in [0.717, 1.165) is 39.0 Å². The second kappa shape index (κ2) is 5.44. The molecular formula is C10H21N3O2S. The van der Waals surface area contributed by atoms with Crippen LogP contribution in [0.25, 0.3) is 0 Å². The first-order chi connectivity index (χ1) is 7.68. The van der Waals surface area contributed by atoms with Crippen LogP contribution in [-0.2, 0) is 10.0 Å². The van der Waals surface area contributed by atoms with E-state index >= 15 is 0 Å².